The molecule has 0 amide bonds. The number of nitrogens with zero attached hydrogens (tertiary/aromatic N) is 3. The van der Waals surface area contributed by atoms with E-state index in [2.05, 4.69) is 9.97 Å². The highest BCUT2D eigenvalue weighted by atomic mass is 19.4. The van der Waals surface area contributed by atoms with Crippen molar-refractivity contribution in [2.24, 2.45) is 0 Å². The van der Waals surface area contributed by atoms with Crippen molar-refractivity contribution < 1.29 is 17.6 Å². The minimum atomic E-state index is -4.53. The van der Waals surface area contributed by atoms with Crippen LogP contribution in [0.3, 0.4) is 0 Å². The molecule has 0 saturated heterocycles. The van der Waals surface area contributed by atoms with Gasteiger partial charge in [0.05, 0.1) is 22.8 Å². The summed E-state index contributed by atoms with van der Waals surface area (Å²) in [5.74, 6) is -0.162. The average molecular weight is 315 g/mol. The van der Waals surface area contributed by atoms with E-state index in [1.54, 1.807) is 24.3 Å². The first kappa shape index (κ1) is 14.8. The van der Waals surface area contributed by atoms with E-state index in [-0.39, 0.29) is 11.5 Å². The van der Waals surface area contributed by atoms with Crippen molar-refractivity contribution in [3.05, 3.63) is 60.1 Å². The van der Waals surface area contributed by atoms with Crippen molar-refractivity contribution >= 4 is 0 Å². The van der Waals surface area contributed by atoms with Crippen LogP contribution in [0.4, 0.5) is 13.2 Å². The number of hydrogen-bond acceptors (Lipinski definition) is 4. The van der Waals surface area contributed by atoms with Crippen LogP contribution >= 0.6 is 0 Å². The van der Waals surface area contributed by atoms with Gasteiger partial charge in [0, 0.05) is 18.0 Å². The first-order chi connectivity index (χ1) is 11.0. The molecular weight excluding hydrogens is 307 g/mol. The van der Waals surface area contributed by atoms with Gasteiger partial charge in [0.1, 0.15) is 12.0 Å². The molecule has 23 heavy (non-hydrogen) atoms. The van der Waals surface area contributed by atoms with E-state index in [9.17, 15) is 13.2 Å². The maximum Gasteiger partial charge on any atom is 0.417 e. The molecule has 7 heteroatoms. The first-order valence-corrected chi connectivity index (χ1v) is 6.46. The average Bonchev–Trinajstić information content (AvgIpc) is 3.04. The third kappa shape index (κ3) is 2.92. The summed E-state index contributed by atoms with van der Waals surface area (Å²) < 4.78 is 44.2. The van der Waals surface area contributed by atoms with Gasteiger partial charge in [-0.25, -0.2) is 4.98 Å². The van der Waals surface area contributed by atoms with Crippen LogP contribution in [0.15, 0.2) is 53.4 Å². The third-order valence-corrected chi connectivity index (χ3v) is 3.17. The van der Waals surface area contributed by atoms with Crippen molar-refractivity contribution in [1.82, 2.24) is 9.97 Å². The lowest BCUT2D eigenvalue weighted by molar-refractivity contribution is -0.137. The number of rotatable bonds is 2. The fourth-order valence-corrected chi connectivity index (χ4v) is 2.06. The summed E-state index contributed by atoms with van der Waals surface area (Å²) >= 11 is 0. The number of alkyl halides is 3. The summed E-state index contributed by atoms with van der Waals surface area (Å²) in [5, 5.41) is 8.76. The summed E-state index contributed by atoms with van der Waals surface area (Å²) in [4.78, 5) is 7.79. The molecule has 0 aliphatic carbocycles. The van der Waals surface area contributed by atoms with Crippen LogP contribution in [0.1, 0.15) is 11.1 Å². The Balaban J connectivity index is 2.01. The Morgan fingerprint density at radius 2 is 1.83 bits per heavy atom. The molecule has 2 aromatic heterocycles. The lowest BCUT2D eigenvalue weighted by Gasteiger charge is -2.09. The zero-order valence-electron chi connectivity index (χ0n) is 11.5. The van der Waals surface area contributed by atoms with Gasteiger partial charge in [-0.2, -0.15) is 18.4 Å². The van der Waals surface area contributed by atoms with E-state index >= 15 is 0 Å². The van der Waals surface area contributed by atoms with E-state index < -0.39 is 11.7 Å². The molecule has 0 radical (unpaired) electrons. The molecule has 4 nitrogen and oxygen atoms in total. The van der Waals surface area contributed by atoms with Gasteiger partial charge in [-0.3, -0.25) is 4.98 Å². The zero-order chi connectivity index (χ0) is 16.4. The maximum atomic E-state index is 13.0. The van der Waals surface area contributed by atoms with Gasteiger partial charge in [-0.05, 0) is 18.2 Å². The number of pyridine rings is 1. The molecular formula is C16H8F3N3O. The molecule has 3 rings (SSSR count). The van der Waals surface area contributed by atoms with Gasteiger partial charge in [-0.1, -0.05) is 12.1 Å². The third-order valence-electron chi connectivity index (χ3n) is 3.17. The summed E-state index contributed by atoms with van der Waals surface area (Å²) in [6.07, 6.45) is -1.13. The summed E-state index contributed by atoms with van der Waals surface area (Å²) in [5.41, 5.74) is 0.405. The number of oxazole rings is 1. The Morgan fingerprint density at radius 3 is 2.48 bits per heavy atom. The van der Waals surface area contributed by atoms with Crippen LogP contribution in [-0.4, -0.2) is 9.97 Å². The Hall–Kier alpha value is -3.14. The van der Waals surface area contributed by atoms with Gasteiger partial charge < -0.3 is 4.42 Å². The molecule has 114 valence electrons. The van der Waals surface area contributed by atoms with Gasteiger partial charge in [-0.15, -0.1) is 0 Å². The summed E-state index contributed by atoms with van der Waals surface area (Å²) in [6.45, 7) is 0. The second-order valence-corrected chi connectivity index (χ2v) is 4.65. The number of aromatic nitrogens is 2. The molecule has 0 spiro atoms. The predicted octanol–water partition coefficient (Wildman–Crippen LogP) is 4.29. The standard InChI is InChI=1S/C16H8F3N3O/c17-16(18,19)13-5-6-21-8-12(13)15-22-14(9-23-15)11-3-1-10(7-20)2-4-11/h1-6,8-9H. The minimum Gasteiger partial charge on any atom is -0.444 e. The molecule has 0 saturated carbocycles. The smallest absolute Gasteiger partial charge is 0.417 e. The van der Waals surface area contributed by atoms with Crippen molar-refractivity contribution in [1.29, 1.82) is 5.26 Å². The maximum absolute atomic E-state index is 13.0. The molecule has 0 atom stereocenters. The van der Waals surface area contributed by atoms with Gasteiger partial charge in [0.15, 0.2) is 0 Å². The topological polar surface area (TPSA) is 62.7 Å². The number of hydrogen-bond donors (Lipinski definition) is 0. The fraction of sp³-hybridized carbons (Fsp3) is 0.0625. The van der Waals surface area contributed by atoms with Crippen LogP contribution in [0.2, 0.25) is 0 Å². The quantitative estimate of drug-likeness (QED) is 0.707. The fourth-order valence-electron chi connectivity index (χ4n) is 2.06. The second-order valence-electron chi connectivity index (χ2n) is 4.65. The molecule has 0 aliphatic rings. The lowest BCUT2D eigenvalue weighted by Crippen LogP contribution is -2.07. The molecule has 0 aliphatic heterocycles. The molecule has 0 N–H and O–H groups in total. The van der Waals surface area contributed by atoms with E-state index in [0.29, 0.717) is 16.8 Å². The van der Waals surface area contributed by atoms with Crippen LogP contribution in [0.25, 0.3) is 22.7 Å². The zero-order valence-corrected chi connectivity index (χ0v) is 11.5. The van der Waals surface area contributed by atoms with E-state index in [1.807, 2.05) is 6.07 Å². The second kappa shape index (κ2) is 5.57. The molecule has 0 bridgehead atoms. The Labute approximate surface area is 128 Å². The van der Waals surface area contributed by atoms with Crippen molar-refractivity contribution in [2.45, 2.75) is 6.18 Å². The van der Waals surface area contributed by atoms with Gasteiger partial charge in [0.25, 0.3) is 0 Å². The molecule has 0 unspecified atom stereocenters. The molecule has 2 heterocycles. The van der Waals surface area contributed by atoms with Crippen molar-refractivity contribution in [3.8, 4) is 28.8 Å². The van der Waals surface area contributed by atoms with Crippen molar-refractivity contribution in [3.63, 3.8) is 0 Å². The Morgan fingerprint density at radius 1 is 1.09 bits per heavy atom. The summed E-state index contributed by atoms with van der Waals surface area (Å²) in [6, 6.07) is 9.34. The Bertz CT molecular complexity index is 877. The highest BCUT2D eigenvalue weighted by Gasteiger charge is 2.34. The SMILES string of the molecule is N#Cc1ccc(-c2coc(-c3cnccc3C(F)(F)F)n2)cc1. The van der Waals surface area contributed by atoms with E-state index in [0.717, 1.165) is 18.5 Å². The highest BCUT2D eigenvalue weighted by molar-refractivity contribution is 5.65. The van der Waals surface area contributed by atoms with Crippen LogP contribution in [0, 0.1) is 11.3 Å². The molecule has 0 fully saturated rings. The van der Waals surface area contributed by atoms with E-state index in [1.165, 1.54) is 6.26 Å². The monoisotopic (exact) mass is 315 g/mol. The van der Waals surface area contributed by atoms with Crippen LogP contribution < -0.4 is 0 Å². The van der Waals surface area contributed by atoms with Gasteiger partial charge in [0.2, 0.25) is 5.89 Å². The normalized spacial score (nSPS) is 11.2. The van der Waals surface area contributed by atoms with Gasteiger partial charge >= 0.3 is 6.18 Å². The van der Waals surface area contributed by atoms with Crippen LogP contribution in [-0.2, 0) is 6.18 Å². The lowest BCUT2D eigenvalue weighted by atomic mass is 10.1. The number of halogens is 3. The predicted molar refractivity (Wildman–Crippen MR) is 74.9 cm³/mol. The highest BCUT2D eigenvalue weighted by Crippen LogP contribution is 2.36. The number of benzene rings is 1. The Kier molecular flexibility index (Phi) is 3.58. The first-order valence-electron chi connectivity index (χ1n) is 6.46. The molecule has 3 aromatic rings. The largest absolute Gasteiger partial charge is 0.444 e. The minimum absolute atomic E-state index is 0.162. The summed E-state index contributed by atoms with van der Waals surface area (Å²) in [7, 11) is 0. The van der Waals surface area contributed by atoms with Crippen molar-refractivity contribution in [2.75, 3.05) is 0 Å². The van der Waals surface area contributed by atoms with E-state index in [4.69, 9.17) is 9.68 Å². The van der Waals surface area contributed by atoms with Crippen LogP contribution in [0.5, 0.6) is 0 Å². The molecule has 1 aromatic carbocycles. The number of nitriles is 1.